The van der Waals surface area contributed by atoms with Crippen molar-refractivity contribution in [2.75, 3.05) is 18.8 Å². The average molecular weight is 395 g/mol. The number of nitrogens with zero attached hydrogens (tertiary/aromatic N) is 4. The summed E-state index contributed by atoms with van der Waals surface area (Å²) in [4.78, 5) is 23.4. The van der Waals surface area contributed by atoms with Crippen molar-refractivity contribution in [3.63, 3.8) is 0 Å². The number of amides is 1. The lowest BCUT2D eigenvalue weighted by molar-refractivity contribution is -0.132. The molecule has 3 heterocycles. The highest BCUT2D eigenvalue weighted by molar-refractivity contribution is 5.82. The highest BCUT2D eigenvalue weighted by atomic mass is 19.1. The zero-order valence-corrected chi connectivity index (χ0v) is 16.6. The smallest absolute Gasteiger partial charge is 0.222 e. The molecule has 0 spiro atoms. The minimum absolute atomic E-state index is 0.205. The molecule has 2 aromatic heterocycles. The van der Waals surface area contributed by atoms with Crippen LogP contribution in [0.15, 0.2) is 36.7 Å². The number of likely N-dealkylation sites (tertiary alicyclic amines) is 1. The molecule has 1 aliphatic rings. The molecule has 0 unspecified atom stereocenters. The Labute approximate surface area is 169 Å². The Bertz CT molecular complexity index is 1020. The summed E-state index contributed by atoms with van der Waals surface area (Å²) in [7, 11) is 0. The third-order valence-corrected chi connectivity index (χ3v) is 5.78. The molecule has 0 saturated carbocycles. The number of pyridine rings is 1. The molecule has 0 bridgehead atoms. The van der Waals surface area contributed by atoms with Crippen LogP contribution in [0.25, 0.3) is 10.9 Å². The van der Waals surface area contributed by atoms with Crippen LogP contribution in [-0.2, 0) is 11.3 Å². The summed E-state index contributed by atoms with van der Waals surface area (Å²) in [5.74, 6) is 1.11. The third-order valence-electron chi connectivity index (χ3n) is 5.78. The zero-order valence-electron chi connectivity index (χ0n) is 16.6. The Morgan fingerprint density at radius 1 is 1.28 bits per heavy atom. The van der Waals surface area contributed by atoms with Crippen LogP contribution in [0.5, 0.6) is 0 Å². The van der Waals surface area contributed by atoms with Crippen molar-refractivity contribution in [2.45, 2.75) is 45.1 Å². The lowest BCUT2D eigenvalue weighted by Gasteiger charge is -2.32. The van der Waals surface area contributed by atoms with Gasteiger partial charge in [-0.15, -0.1) is 0 Å². The van der Waals surface area contributed by atoms with E-state index in [-0.39, 0.29) is 17.6 Å². The van der Waals surface area contributed by atoms with Gasteiger partial charge in [-0.3, -0.25) is 9.78 Å². The van der Waals surface area contributed by atoms with Crippen molar-refractivity contribution >= 4 is 22.5 Å². The predicted octanol–water partition coefficient (Wildman–Crippen LogP) is 3.65. The second kappa shape index (κ2) is 8.19. The average Bonchev–Trinajstić information content (AvgIpc) is 3.12. The van der Waals surface area contributed by atoms with Crippen molar-refractivity contribution < 1.29 is 9.18 Å². The Morgan fingerprint density at radius 3 is 2.79 bits per heavy atom. The van der Waals surface area contributed by atoms with Gasteiger partial charge in [0.1, 0.15) is 11.6 Å². The minimum atomic E-state index is -0.290. The molecule has 1 amide bonds. The van der Waals surface area contributed by atoms with Gasteiger partial charge < -0.3 is 15.2 Å². The van der Waals surface area contributed by atoms with Gasteiger partial charge in [0, 0.05) is 49.8 Å². The normalized spacial score (nSPS) is 15.2. The molecule has 1 aromatic carbocycles. The summed E-state index contributed by atoms with van der Waals surface area (Å²) in [6.45, 7) is 4.22. The van der Waals surface area contributed by atoms with Crippen LogP contribution in [0.4, 0.5) is 10.1 Å². The van der Waals surface area contributed by atoms with Gasteiger partial charge in [-0.25, -0.2) is 9.37 Å². The molecule has 152 valence electrons. The monoisotopic (exact) mass is 395 g/mol. The predicted molar refractivity (Wildman–Crippen MR) is 111 cm³/mol. The summed E-state index contributed by atoms with van der Waals surface area (Å²) in [5.41, 5.74) is 8.43. The number of carbonyl (C=O) groups excluding carboxylic acids is 1. The lowest BCUT2D eigenvalue weighted by Crippen LogP contribution is -2.38. The van der Waals surface area contributed by atoms with E-state index in [1.165, 1.54) is 12.1 Å². The summed E-state index contributed by atoms with van der Waals surface area (Å²) in [6, 6.07) is 6.36. The fraction of sp³-hybridized carbons (Fsp3) is 0.409. The zero-order chi connectivity index (χ0) is 20.4. The number of carbonyl (C=O) groups is 1. The maximum absolute atomic E-state index is 13.4. The van der Waals surface area contributed by atoms with E-state index in [4.69, 9.17) is 10.7 Å². The van der Waals surface area contributed by atoms with Crippen LogP contribution in [-0.4, -0.2) is 38.4 Å². The Kier molecular flexibility index (Phi) is 5.47. The maximum Gasteiger partial charge on any atom is 0.222 e. The van der Waals surface area contributed by atoms with E-state index in [1.54, 1.807) is 18.3 Å². The van der Waals surface area contributed by atoms with E-state index < -0.39 is 0 Å². The Balaban J connectivity index is 1.33. The number of aryl methyl sites for hydroxylation is 2. The van der Waals surface area contributed by atoms with Crippen LogP contribution < -0.4 is 5.73 Å². The molecular weight excluding hydrogens is 369 g/mol. The Morgan fingerprint density at radius 2 is 2.07 bits per heavy atom. The van der Waals surface area contributed by atoms with Gasteiger partial charge >= 0.3 is 0 Å². The standard InChI is InChI=1S/C22H26FN5O/c1-15-25-8-12-27(15)9-2-3-21(29)28-10-6-16(7-11-28)22-19(24)14-17-13-18(23)4-5-20(17)26-22/h4-5,8,12-14,16H,2-3,6-7,9-11,24H2,1H3. The van der Waals surface area contributed by atoms with Gasteiger partial charge in [0.25, 0.3) is 0 Å². The number of nitrogen functional groups attached to an aromatic ring is 1. The number of hydrogen-bond donors (Lipinski definition) is 1. The molecule has 0 aliphatic carbocycles. The van der Waals surface area contributed by atoms with E-state index in [2.05, 4.69) is 9.55 Å². The molecule has 1 saturated heterocycles. The molecule has 2 N–H and O–H groups in total. The van der Waals surface area contributed by atoms with Crippen molar-refractivity contribution in [1.82, 2.24) is 19.4 Å². The topological polar surface area (TPSA) is 77.0 Å². The lowest BCUT2D eigenvalue weighted by atomic mass is 9.91. The molecule has 4 rings (SSSR count). The molecule has 3 aromatic rings. The first-order chi connectivity index (χ1) is 14.0. The first-order valence-electron chi connectivity index (χ1n) is 10.1. The number of rotatable bonds is 5. The van der Waals surface area contributed by atoms with Gasteiger partial charge in [-0.2, -0.15) is 0 Å². The molecule has 0 radical (unpaired) electrons. The third kappa shape index (κ3) is 4.23. The molecule has 29 heavy (non-hydrogen) atoms. The van der Waals surface area contributed by atoms with Crippen LogP contribution >= 0.6 is 0 Å². The van der Waals surface area contributed by atoms with Crippen molar-refractivity contribution in [3.05, 3.63) is 54.0 Å². The van der Waals surface area contributed by atoms with Gasteiger partial charge in [0.05, 0.1) is 16.9 Å². The molecule has 7 heteroatoms. The van der Waals surface area contributed by atoms with Crippen LogP contribution in [0, 0.1) is 12.7 Å². The quantitative estimate of drug-likeness (QED) is 0.715. The van der Waals surface area contributed by atoms with Crippen molar-refractivity contribution in [2.24, 2.45) is 0 Å². The van der Waals surface area contributed by atoms with Gasteiger partial charge in [-0.05, 0) is 50.5 Å². The maximum atomic E-state index is 13.4. The van der Waals surface area contributed by atoms with Crippen LogP contribution in [0.1, 0.15) is 43.1 Å². The molecular formula is C22H26FN5O. The highest BCUT2D eigenvalue weighted by Gasteiger charge is 2.26. The summed E-state index contributed by atoms with van der Waals surface area (Å²) < 4.78 is 15.5. The second-order valence-corrected chi connectivity index (χ2v) is 7.73. The summed E-state index contributed by atoms with van der Waals surface area (Å²) >= 11 is 0. The first kappa shape index (κ1) is 19.4. The van der Waals surface area contributed by atoms with E-state index in [9.17, 15) is 9.18 Å². The van der Waals surface area contributed by atoms with Crippen molar-refractivity contribution in [1.29, 1.82) is 0 Å². The highest BCUT2D eigenvalue weighted by Crippen LogP contribution is 2.32. The number of imidazole rings is 1. The first-order valence-corrected chi connectivity index (χ1v) is 10.1. The number of anilines is 1. The number of benzene rings is 1. The number of halogens is 1. The van der Waals surface area contributed by atoms with E-state index in [1.807, 2.05) is 18.0 Å². The van der Waals surface area contributed by atoms with Crippen molar-refractivity contribution in [3.8, 4) is 0 Å². The van der Waals surface area contributed by atoms with E-state index in [0.29, 0.717) is 17.5 Å². The number of hydrogen-bond acceptors (Lipinski definition) is 4. The molecule has 6 nitrogen and oxygen atoms in total. The number of nitrogens with two attached hydrogens (primary N) is 1. The largest absolute Gasteiger partial charge is 0.397 e. The SMILES string of the molecule is Cc1nccn1CCCC(=O)N1CCC(c2nc3ccc(F)cc3cc2N)CC1. The minimum Gasteiger partial charge on any atom is -0.397 e. The van der Waals surface area contributed by atoms with Crippen LogP contribution in [0.3, 0.4) is 0 Å². The molecule has 1 fully saturated rings. The number of fused-ring (bicyclic) bond motifs is 1. The molecule has 1 aliphatic heterocycles. The van der Waals surface area contributed by atoms with E-state index >= 15 is 0 Å². The molecule has 0 atom stereocenters. The Hall–Kier alpha value is -2.96. The summed E-state index contributed by atoms with van der Waals surface area (Å²) in [6.07, 6.45) is 6.77. The number of aromatic nitrogens is 3. The van der Waals surface area contributed by atoms with Gasteiger partial charge in [0.2, 0.25) is 5.91 Å². The fourth-order valence-corrected chi connectivity index (χ4v) is 4.11. The van der Waals surface area contributed by atoms with Gasteiger partial charge in [0.15, 0.2) is 0 Å². The number of piperidine rings is 1. The van der Waals surface area contributed by atoms with E-state index in [0.717, 1.165) is 55.9 Å². The van der Waals surface area contributed by atoms with Gasteiger partial charge in [-0.1, -0.05) is 0 Å². The summed E-state index contributed by atoms with van der Waals surface area (Å²) in [5, 5.41) is 0.715. The van der Waals surface area contributed by atoms with Crippen LogP contribution in [0.2, 0.25) is 0 Å². The fourth-order valence-electron chi connectivity index (χ4n) is 4.11. The second-order valence-electron chi connectivity index (χ2n) is 7.73.